The van der Waals surface area contributed by atoms with E-state index in [1.165, 1.54) is 4.90 Å². The molecule has 0 fully saturated rings. The van der Waals surface area contributed by atoms with Crippen LogP contribution < -0.4 is 11.1 Å². The minimum Gasteiger partial charge on any atom is -0.399 e. The van der Waals surface area contributed by atoms with E-state index in [-0.39, 0.29) is 12.6 Å². The van der Waals surface area contributed by atoms with Crippen molar-refractivity contribution in [2.75, 3.05) is 11.9 Å². The van der Waals surface area contributed by atoms with Gasteiger partial charge in [0, 0.05) is 43.2 Å². The molecular weight excluding hydrogens is 404 g/mol. The topological polar surface area (TPSA) is 89.1 Å². The molecule has 0 spiro atoms. The third kappa shape index (κ3) is 4.10. The van der Waals surface area contributed by atoms with Crippen LogP contribution in [0.5, 0.6) is 0 Å². The van der Waals surface area contributed by atoms with Crippen molar-refractivity contribution in [2.45, 2.75) is 45.5 Å². The smallest absolute Gasteiger partial charge is 0.399 e. The minimum absolute atomic E-state index is 0.150. The molecule has 11 heteroatoms. The van der Waals surface area contributed by atoms with Crippen molar-refractivity contribution >= 4 is 11.7 Å². The van der Waals surface area contributed by atoms with Crippen molar-refractivity contribution in [3.63, 3.8) is 0 Å². The SMILES string of the molecule is CC1C(N)=C(Nc2ccn(C(C)C)n2)CCN1C(=O)c1ccnc(C(F)(F)F)c1F. The summed E-state index contributed by atoms with van der Waals surface area (Å²) in [6, 6.07) is 2.25. The highest BCUT2D eigenvalue weighted by Gasteiger charge is 2.39. The minimum atomic E-state index is -5.00. The number of rotatable bonds is 4. The third-order valence-corrected chi connectivity index (χ3v) is 4.93. The summed E-state index contributed by atoms with van der Waals surface area (Å²) in [6.45, 7) is 5.75. The van der Waals surface area contributed by atoms with Crippen molar-refractivity contribution in [1.29, 1.82) is 0 Å². The number of hydrogen-bond acceptors (Lipinski definition) is 5. The lowest BCUT2D eigenvalue weighted by atomic mass is 10.0. The van der Waals surface area contributed by atoms with Crippen LogP contribution in [0.3, 0.4) is 0 Å². The van der Waals surface area contributed by atoms with E-state index in [2.05, 4.69) is 15.4 Å². The predicted molar refractivity (Wildman–Crippen MR) is 102 cm³/mol. The first-order valence-corrected chi connectivity index (χ1v) is 9.34. The Morgan fingerprint density at radius 1 is 1.33 bits per heavy atom. The Labute approximate surface area is 170 Å². The van der Waals surface area contributed by atoms with Gasteiger partial charge in [0.2, 0.25) is 0 Å². The van der Waals surface area contributed by atoms with Gasteiger partial charge in [-0.05, 0) is 26.8 Å². The van der Waals surface area contributed by atoms with Gasteiger partial charge in [-0.1, -0.05) is 0 Å². The molecule has 7 nitrogen and oxygen atoms in total. The lowest BCUT2D eigenvalue weighted by Gasteiger charge is -2.35. The van der Waals surface area contributed by atoms with Gasteiger partial charge < -0.3 is 16.0 Å². The molecule has 30 heavy (non-hydrogen) atoms. The molecule has 0 saturated carbocycles. The zero-order chi connectivity index (χ0) is 22.2. The zero-order valence-electron chi connectivity index (χ0n) is 16.7. The highest BCUT2D eigenvalue weighted by atomic mass is 19.4. The molecular formula is C19H22F4N6O. The molecule has 1 aliphatic heterocycles. The second-order valence-corrected chi connectivity index (χ2v) is 7.28. The molecule has 0 bridgehead atoms. The molecule has 0 aliphatic carbocycles. The van der Waals surface area contributed by atoms with Gasteiger partial charge >= 0.3 is 6.18 Å². The van der Waals surface area contributed by atoms with E-state index in [0.717, 1.165) is 12.3 Å². The highest BCUT2D eigenvalue weighted by Crippen LogP contribution is 2.32. The van der Waals surface area contributed by atoms with E-state index in [1.54, 1.807) is 17.7 Å². The molecule has 0 saturated heterocycles. The number of halogens is 4. The molecule has 1 atom stereocenters. The summed E-state index contributed by atoms with van der Waals surface area (Å²) in [5.41, 5.74) is 4.77. The number of amides is 1. The Balaban J connectivity index is 1.82. The summed E-state index contributed by atoms with van der Waals surface area (Å²) < 4.78 is 54.8. The fraction of sp³-hybridized carbons (Fsp3) is 0.421. The molecule has 3 rings (SSSR count). The normalized spacial score (nSPS) is 17.6. The standard InChI is InChI=1S/C19H22F4N6O/c1-10(2)29-9-6-14(27-29)26-13-5-8-28(11(3)16(13)24)18(30)12-4-7-25-17(15(12)20)19(21,22)23/h4,6-7,9-11H,5,8,24H2,1-3H3,(H,26,27). The number of nitrogens with zero attached hydrogens (tertiary/aromatic N) is 4. The average molecular weight is 426 g/mol. The zero-order valence-corrected chi connectivity index (χ0v) is 16.7. The van der Waals surface area contributed by atoms with Crippen molar-refractivity contribution in [2.24, 2.45) is 5.73 Å². The van der Waals surface area contributed by atoms with E-state index >= 15 is 0 Å². The number of carbonyl (C=O) groups is 1. The molecule has 0 radical (unpaired) electrons. The number of anilines is 1. The van der Waals surface area contributed by atoms with Gasteiger partial charge in [0.25, 0.3) is 5.91 Å². The summed E-state index contributed by atoms with van der Waals surface area (Å²) in [5.74, 6) is -1.98. The fourth-order valence-electron chi connectivity index (χ4n) is 3.21. The number of aromatic nitrogens is 3. The Bertz CT molecular complexity index is 982. The van der Waals surface area contributed by atoms with Crippen LogP contribution in [-0.2, 0) is 6.18 Å². The second-order valence-electron chi connectivity index (χ2n) is 7.28. The van der Waals surface area contributed by atoms with Crippen LogP contribution >= 0.6 is 0 Å². The van der Waals surface area contributed by atoms with Gasteiger partial charge in [0.05, 0.1) is 17.3 Å². The van der Waals surface area contributed by atoms with E-state index in [0.29, 0.717) is 23.6 Å². The summed E-state index contributed by atoms with van der Waals surface area (Å²) in [7, 11) is 0. The first-order valence-electron chi connectivity index (χ1n) is 9.34. The van der Waals surface area contributed by atoms with Gasteiger partial charge in [0.15, 0.2) is 17.3 Å². The van der Waals surface area contributed by atoms with E-state index in [1.807, 2.05) is 20.0 Å². The Hall–Kier alpha value is -3.11. The second kappa shape index (κ2) is 7.96. The number of nitrogens with one attached hydrogen (secondary N) is 1. The summed E-state index contributed by atoms with van der Waals surface area (Å²) in [5, 5.41) is 7.51. The maximum atomic E-state index is 14.3. The molecule has 1 unspecified atom stereocenters. The van der Waals surface area contributed by atoms with E-state index in [9.17, 15) is 22.4 Å². The first kappa shape index (κ1) is 21.6. The quantitative estimate of drug-likeness (QED) is 0.731. The van der Waals surface area contributed by atoms with Crippen LogP contribution in [0, 0.1) is 5.82 Å². The van der Waals surface area contributed by atoms with Gasteiger partial charge in [-0.3, -0.25) is 9.48 Å². The number of hydrogen-bond donors (Lipinski definition) is 2. The lowest BCUT2D eigenvalue weighted by molar-refractivity contribution is -0.143. The Morgan fingerprint density at radius 2 is 2.03 bits per heavy atom. The van der Waals surface area contributed by atoms with Gasteiger partial charge in [-0.15, -0.1) is 0 Å². The van der Waals surface area contributed by atoms with Crippen LogP contribution in [0.1, 0.15) is 49.3 Å². The Morgan fingerprint density at radius 3 is 2.63 bits per heavy atom. The molecule has 0 aromatic carbocycles. The number of alkyl halides is 3. The molecule has 3 N–H and O–H groups in total. The molecule has 1 aliphatic rings. The van der Waals surface area contributed by atoms with Crippen molar-refractivity contribution in [3.05, 3.63) is 53.0 Å². The monoisotopic (exact) mass is 426 g/mol. The highest BCUT2D eigenvalue weighted by molar-refractivity contribution is 5.95. The summed E-state index contributed by atoms with van der Waals surface area (Å²) in [4.78, 5) is 17.0. The van der Waals surface area contributed by atoms with E-state index in [4.69, 9.17) is 5.73 Å². The lowest BCUT2D eigenvalue weighted by Crippen LogP contribution is -2.46. The van der Waals surface area contributed by atoms with Crippen LogP contribution in [-0.4, -0.2) is 38.2 Å². The van der Waals surface area contributed by atoms with Crippen molar-refractivity contribution in [3.8, 4) is 0 Å². The van der Waals surface area contributed by atoms with Crippen LogP contribution in [0.25, 0.3) is 0 Å². The number of pyridine rings is 1. The molecule has 3 heterocycles. The predicted octanol–water partition coefficient (Wildman–Crippen LogP) is 3.53. The molecule has 2 aromatic heterocycles. The maximum Gasteiger partial charge on any atom is 0.436 e. The third-order valence-electron chi connectivity index (χ3n) is 4.93. The van der Waals surface area contributed by atoms with Gasteiger partial charge in [-0.25, -0.2) is 9.37 Å². The van der Waals surface area contributed by atoms with Crippen LogP contribution in [0.4, 0.5) is 23.4 Å². The van der Waals surface area contributed by atoms with Crippen LogP contribution in [0.15, 0.2) is 35.9 Å². The van der Waals surface area contributed by atoms with Gasteiger partial charge in [0.1, 0.15) is 0 Å². The molecule has 162 valence electrons. The number of carbonyl (C=O) groups excluding carboxylic acids is 1. The maximum absolute atomic E-state index is 14.3. The van der Waals surface area contributed by atoms with Crippen molar-refractivity contribution < 1.29 is 22.4 Å². The summed E-state index contributed by atoms with van der Waals surface area (Å²) >= 11 is 0. The van der Waals surface area contributed by atoms with Crippen LogP contribution in [0.2, 0.25) is 0 Å². The summed E-state index contributed by atoms with van der Waals surface area (Å²) in [6.07, 6.45) is -2.10. The van der Waals surface area contributed by atoms with Crippen molar-refractivity contribution in [1.82, 2.24) is 19.7 Å². The molecule has 2 aromatic rings. The average Bonchev–Trinajstić information content (AvgIpc) is 3.13. The molecule has 1 amide bonds. The van der Waals surface area contributed by atoms with Gasteiger partial charge in [-0.2, -0.15) is 18.3 Å². The largest absolute Gasteiger partial charge is 0.436 e. The first-order chi connectivity index (χ1) is 14.0. The fourth-order valence-corrected chi connectivity index (χ4v) is 3.21. The Kier molecular flexibility index (Phi) is 5.73. The number of nitrogens with two attached hydrogens (primary N) is 1. The van der Waals surface area contributed by atoms with E-state index < -0.39 is 35.2 Å².